The molecule has 1 aliphatic heterocycles. The third-order valence-corrected chi connectivity index (χ3v) is 4.24. The van der Waals surface area contributed by atoms with E-state index in [1.54, 1.807) is 7.05 Å². The highest BCUT2D eigenvalue weighted by molar-refractivity contribution is 5.79. The van der Waals surface area contributed by atoms with Crippen molar-refractivity contribution in [2.75, 3.05) is 26.7 Å². The first-order valence-corrected chi connectivity index (χ1v) is 7.03. The number of hydrogen-bond donors (Lipinski definition) is 2. The van der Waals surface area contributed by atoms with Crippen LogP contribution in [0.2, 0.25) is 0 Å². The second-order valence-electron chi connectivity index (χ2n) is 6.51. The summed E-state index contributed by atoms with van der Waals surface area (Å²) in [6.45, 7) is 10.3. The molecule has 4 heteroatoms. The van der Waals surface area contributed by atoms with E-state index in [0.29, 0.717) is 5.41 Å². The van der Waals surface area contributed by atoms with Crippen LogP contribution in [0.25, 0.3) is 0 Å². The number of carbonyl (C=O) groups excluding carboxylic acids is 1. The molecule has 1 saturated heterocycles. The third kappa shape index (κ3) is 4.58. The van der Waals surface area contributed by atoms with Crippen LogP contribution in [-0.4, -0.2) is 43.5 Å². The molecule has 0 aromatic heterocycles. The normalized spacial score (nSPS) is 20.9. The van der Waals surface area contributed by atoms with Crippen molar-refractivity contribution in [3.8, 4) is 0 Å². The summed E-state index contributed by atoms with van der Waals surface area (Å²) < 4.78 is 0. The van der Waals surface area contributed by atoms with Gasteiger partial charge in [0.05, 0.1) is 6.04 Å². The van der Waals surface area contributed by atoms with E-state index in [2.05, 4.69) is 31.0 Å². The first kappa shape index (κ1) is 15.4. The first-order valence-electron chi connectivity index (χ1n) is 7.03. The summed E-state index contributed by atoms with van der Waals surface area (Å²) in [5, 5.41) is 2.97. The maximum Gasteiger partial charge on any atom is 0.234 e. The highest BCUT2D eigenvalue weighted by Gasteiger charge is 2.28. The number of amides is 1. The highest BCUT2D eigenvalue weighted by atomic mass is 16.1. The van der Waals surface area contributed by atoms with Gasteiger partial charge in [0.15, 0.2) is 0 Å². The van der Waals surface area contributed by atoms with Gasteiger partial charge >= 0.3 is 0 Å². The Kier molecular flexibility index (Phi) is 5.60. The average Bonchev–Trinajstić information content (AvgIpc) is 2.29. The fourth-order valence-electron chi connectivity index (χ4n) is 2.76. The topological polar surface area (TPSA) is 58.4 Å². The van der Waals surface area contributed by atoms with Crippen LogP contribution in [0, 0.1) is 11.3 Å². The van der Waals surface area contributed by atoms with Gasteiger partial charge in [-0.25, -0.2) is 0 Å². The average molecular weight is 255 g/mol. The number of carbonyl (C=O) groups is 1. The van der Waals surface area contributed by atoms with Gasteiger partial charge in [0.2, 0.25) is 5.91 Å². The Morgan fingerprint density at radius 2 is 1.94 bits per heavy atom. The molecule has 0 saturated carbocycles. The second-order valence-corrected chi connectivity index (χ2v) is 6.51. The molecule has 0 radical (unpaired) electrons. The molecule has 106 valence electrons. The molecule has 1 fully saturated rings. The molecule has 3 N–H and O–H groups in total. The van der Waals surface area contributed by atoms with Crippen LogP contribution in [0.4, 0.5) is 0 Å². The molecule has 1 aliphatic rings. The number of primary amides is 1. The van der Waals surface area contributed by atoms with Gasteiger partial charge in [-0.3, -0.25) is 4.79 Å². The number of likely N-dealkylation sites (tertiary alicyclic amines) is 1. The summed E-state index contributed by atoms with van der Waals surface area (Å²) in [4.78, 5) is 13.6. The maximum absolute atomic E-state index is 11.1. The van der Waals surface area contributed by atoms with Gasteiger partial charge in [-0.15, -0.1) is 0 Å². The molecule has 1 atom stereocenters. The van der Waals surface area contributed by atoms with E-state index < -0.39 is 0 Å². The molecule has 1 heterocycles. The van der Waals surface area contributed by atoms with Gasteiger partial charge in [0, 0.05) is 6.54 Å². The zero-order valence-corrected chi connectivity index (χ0v) is 12.3. The van der Waals surface area contributed by atoms with Gasteiger partial charge < -0.3 is 16.0 Å². The van der Waals surface area contributed by atoms with Crippen molar-refractivity contribution in [2.24, 2.45) is 17.1 Å². The fraction of sp³-hybridized carbons (Fsp3) is 0.929. The number of nitrogens with two attached hydrogens (primary N) is 1. The van der Waals surface area contributed by atoms with Crippen LogP contribution < -0.4 is 11.1 Å². The largest absolute Gasteiger partial charge is 0.368 e. The van der Waals surface area contributed by atoms with Crippen LogP contribution in [0.15, 0.2) is 0 Å². The van der Waals surface area contributed by atoms with E-state index in [9.17, 15) is 4.79 Å². The lowest BCUT2D eigenvalue weighted by Crippen LogP contribution is -2.44. The molecule has 18 heavy (non-hydrogen) atoms. The van der Waals surface area contributed by atoms with Crippen molar-refractivity contribution in [2.45, 2.75) is 46.1 Å². The van der Waals surface area contributed by atoms with Gasteiger partial charge in [0.1, 0.15) is 0 Å². The maximum atomic E-state index is 11.1. The van der Waals surface area contributed by atoms with Crippen LogP contribution in [0.3, 0.4) is 0 Å². The van der Waals surface area contributed by atoms with Crippen molar-refractivity contribution < 1.29 is 4.79 Å². The van der Waals surface area contributed by atoms with Gasteiger partial charge in [0.25, 0.3) is 0 Å². The Hall–Kier alpha value is -0.610. The fourth-order valence-corrected chi connectivity index (χ4v) is 2.76. The minimum absolute atomic E-state index is 0.190. The van der Waals surface area contributed by atoms with Crippen molar-refractivity contribution in [3.63, 3.8) is 0 Å². The van der Waals surface area contributed by atoms with Crippen LogP contribution >= 0.6 is 0 Å². The number of likely N-dealkylation sites (N-methyl/N-ethyl adjacent to an activating group) is 1. The van der Waals surface area contributed by atoms with Crippen molar-refractivity contribution in [1.29, 1.82) is 0 Å². The Bertz CT molecular complexity index is 265. The van der Waals surface area contributed by atoms with Gasteiger partial charge in [-0.2, -0.15) is 0 Å². The zero-order chi connectivity index (χ0) is 13.8. The minimum atomic E-state index is -0.248. The summed E-state index contributed by atoms with van der Waals surface area (Å²) >= 11 is 0. The van der Waals surface area contributed by atoms with Crippen molar-refractivity contribution >= 4 is 5.91 Å². The number of nitrogens with one attached hydrogen (secondary N) is 1. The molecule has 1 unspecified atom stereocenters. The molecule has 0 bridgehead atoms. The Balaban J connectivity index is 2.30. The molecule has 4 nitrogen and oxygen atoms in total. The quantitative estimate of drug-likeness (QED) is 0.776. The lowest BCUT2D eigenvalue weighted by molar-refractivity contribution is -0.120. The molecule has 1 rings (SSSR count). The molecule has 0 aromatic rings. The SMILES string of the molecule is CNC(CCN1CCC(C(C)(C)C)CC1)C(N)=O. The van der Waals surface area contributed by atoms with E-state index in [-0.39, 0.29) is 11.9 Å². The Morgan fingerprint density at radius 3 is 2.33 bits per heavy atom. The number of piperidine rings is 1. The minimum Gasteiger partial charge on any atom is -0.368 e. The number of nitrogens with zero attached hydrogens (tertiary/aromatic N) is 1. The Labute approximate surface area is 111 Å². The number of rotatable bonds is 5. The molecule has 0 aliphatic carbocycles. The summed E-state index contributed by atoms with van der Waals surface area (Å²) in [5.74, 6) is 0.576. The van der Waals surface area contributed by atoms with Crippen molar-refractivity contribution in [1.82, 2.24) is 10.2 Å². The third-order valence-electron chi connectivity index (χ3n) is 4.24. The molecular weight excluding hydrogens is 226 g/mol. The Morgan fingerprint density at radius 1 is 1.39 bits per heavy atom. The second kappa shape index (κ2) is 6.53. The van der Waals surface area contributed by atoms with Crippen LogP contribution in [0.5, 0.6) is 0 Å². The first-order chi connectivity index (χ1) is 8.34. The lowest BCUT2D eigenvalue weighted by atomic mass is 9.75. The van der Waals surface area contributed by atoms with E-state index in [1.807, 2.05) is 0 Å². The van der Waals surface area contributed by atoms with Crippen LogP contribution in [0.1, 0.15) is 40.0 Å². The van der Waals surface area contributed by atoms with E-state index in [0.717, 1.165) is 32.0 Å². The predicted molar refractivity (Wildman–Crippen MR) is 75.3 cm³/mol. The van der Waals surface area contributed by atoms with E-state index in [4.69, 9.17) is 5.73 Å². The van der Waals surface area contributed by atoms with Gasteiger partial charge in [-0.05, 0) is 50.7 Å². The summed E-state index contributed by atoms with van der Waals surface area (Å²) in [7, 11) is 1.79. The number of hydrogen-bond acceptors (Lipinski definition) is 3. The van der Waals surface area contributed by atoms with E-state index in [1.165, 1.54) is 12.8 Å². The molecule has 1 amide bonds. The molecule has 0 spiro atoms. The summed E-state index contributed by atoms with van der Waals surface area (Å²) in [6.07, 6.45) is 3.35. The van der Waals surface area contributed by atoms with Gasteiger partial charge in [-0.1, -0.05) is 20.8 Å². The summed E-state index contributed by atoms with van der Waals surface area (Å²) in [6, 6.07) is -0.190. The monoisotopic (exact) mass is 255 g/mol. The van der Waals surface area contributed by atoms with E-state index >= 15 is 0 Å². The van der Waals surface area contributed by atoms with Crippen LogP contribution in [-0.2, 0) is 4.79 Å². The lowest BCUT2D eigenvalue weighted by Gasteiger charge is -2.39. The van der Waals surface area contributed by atoms with Crippen molar-refractivity contribution in [3.05, 3.63) is 0 Å². The molecule has 0 aromatic carbocycles. The zero-order valence-electron chi connectivity index (χ0n) is 12.3. The standard InChI is InChI=1S/C14H29N3O/c1-14(2,3)11-5-8-17(9-6-11)10-7-12(16-4)13(15)18/h11-12,16H,5-10H2,1-4H3,(H2,15,18). The summed E-state index contributed by atoms with van der Waals surface area (Å²) in [5.41, 5.74) is 5.75. The predicted octanol–water partition coefficient (Wildman–Crippen LogP) is 1.21. The highest BCUT2D eigenvalue weighted by Crippen LogP contribution is 2.34. The molecular formula is C14H29N3O. The smallest absolute Gasteiger partial charge is 0.234 e.